The van der Waals surface area contributed by atoms with Crippen molar-refractivity contribution in [1.29, 1.82) is 0 Å². The Kier molecular flexibility index (Phi) is 61.2. The minimum absolute atomic E-state index is 0.0939. The highest BCUT2D eigenvalue weighted by Crippen LogP contribution is 2.18. The normalized spacial score (nSPS) is 12.4. The molecule has 0 heterocycles. The molecule has 0 aromatic carbocycles. The van der Waals surface area contributed by atoms with Crippen molar-refractivity contribution in [3.63, 3.8) is 0 Å². The van der Waals surface area contributed by atoms with Gasteiger partial charge in [0.25, 0.3) is 0 Å². The Balaban J connectivity index is 3.95. The second-order valence-electron chi connectivity index (χ2n) is 22.0. The molecule has 6 heteroatoms. The number of esters is 3. The van der Waals surface area contributed by atoms with Gasteiger partial charge in [0.1, 0.15) is 13.2 Å². The van der Waals surface area contributed by atoms with Crippen molar-refractivity contribution in [3.8, 4) is 0 Å². The average molecular weight is 1050 g/mol. The van der Waals surface area contributed by atoms with Crippen molar-refractivity contribution < 1.29 is 28.6 Å². The minimum atomic E-state index is -0.799. The first-order valence-electron chi connectivity index (χ1n) is 32.8. The van der Waals surface area contributed by atoms with Crippen molar-refractivity contribution in [2.24, 2.45) is 0 Å². The van der Waals surface area contributed by atoms with Gasteiger partial charge in [0.15, 0.2) is 6.10 Å². The number of allylic oxidation sites excluding steroid dienone is 10. The molecule has 0 aliphatic rings. The molecule has 0 aliphatic carbocycles. The quantitative estimate of drug-likeness (QED) is 0.0261. The smallest absolute Gasteiger partial charge is 0.306 e. The number of hydrogen-bond acceptors (Lipinski definition) is 6. The fourth-order valence-electron chi connectivity index (χ4n) is 9.66. The van der Waals surface area contributed by atoms with Gasteiger partial charge in [-0.2, -0.15) is 0 Å². The fourth-order valence-corrected chi connectivity index (χ4v) is 9.66. The number of hydrogen-bond donors (Lipinski definition) is 0. The minimum Gasteiger partial charge on any atom is -0.462 e. The Hall–Kier alpha value is -2.89. The lowest BCUT2D eigenvalue weighted by Gasteiger charge is -2.18. The van der Waals surface area contributed by atoms with Gasteiger partial charge in [-0.05, 0) is 57.8 Å². The highest BCUT2D eigenvalue weighted by Gasteiger charge is 2.19. The standard InChI is InChI=1S/C69H124O6/c1-4-7-10-13-16-18-20-22-24-26-27-28-29-30-31-32-33-34-35-36-37-38-39-40-41-42-44-45-47-49-51-53-56-59-62-68(71)74-65-66(64-73-67(70)61-58-55-15-12-9-6-3)75-69(72)63-60-57-54-52-50-48-46-43-25-23-21-19-17-14-11-8-5-2/h8,11,17,19,23,25,46,48,52,54,66H,4-7,9-10,12-16,18,20-22,24,26-45,47,49-51,53,55-65H2,1-3H3/b11-8-,19-17-,25-23-,48-46-,54-52-. The van der Waals surface area contributed by atoms with Crippen LogP contribution in [0.2, 0.25) is 0 Å². The number of ether oxygens (including phenoxy) is 3. The van der Waals surface area contributed by atoms with Crippen molar-refractivity contribution in [2.75, 3.05) is 13.2 Å². The zero-order valence-electron chi connectivity index (χ0n) is 50.1. The first-order valence-corrected chi connectivity index (χ1v) is 32.8. The summed E-state index contributed by atoms with van der Waals surface area (Å²) in [6.45, 7) is 6.45. The van der Waals surface area contributed by atoms with Gasteiger partial charge >= 0.3 is 17.9 Å². The fraction of sp³-hybridized carbons (Fsp3) is 0.812. The van der Waals surface area contributed by atoms with Gasteiger partial charge < -0.3 is 14.2 Å². The van der Waals surface area contributed by atoms with E-state index in [0.717, 1.165) is 77.0 Å². The molecule has 1 atom stereocenters. The maximum absolute atomic E-state index is 12.8. The molecular weight excluding hydrogens is 925 g/mol. The van der Waals surface area contributed by atoms with Crippen molar-refractivity contribution >= 4 is 17.9 Å². The second-order valence-corrected chi connectivity index (χ2v) is 22.0. The highest BCUT2D eigenvalue weighted by atomic mass is 16.6. The van der Waals surface area contributed by atoms with Crippen molar-refractivity contribution in [3.05, 3.63) is 60.8 Å². The second kappa shape index (κ2) is 63.6. The van der Waals surface area contributed by atoms with Crippen molar-refractivity contribution in [2.45, 2.75) is 348 Å². The van der Waals surface area contributed by atoms with Crippen LogP contribution in [0.15, 0.2) is 60.8 Å². The SMILES string of the molecule is CC/C=C\C/C=C\C/C=C\C/C=C\C/C=C\CCCC(=O)OC(COC(=O)CCCCCCCC)COC(=O)CCCCCCCCCCCCCCCCCCCCCCCCCCCCCCCCCCCC. The molecule has 0 fully saturated rings. The number of carbonyl (C=O) groups is 3. The van der Waals surface area contributed by atoms with Crippen LogP contribution in [0.5, 0.6) is 0 Å². The predicted octanol–water partition coefficient (Wildman–Crippen LogP) is 22.3. The van der Waals surface area contributed by atoms with Crippen LogP contribution in [0.1, 0.15) is 342 Å². The Morgan fingerprint density at radius 2 is 0.520 bits per heavy atom. The Bertz CT molecular complexity index is 1340. The van der Waals surface area contributed by atoms with Crippen molar-refractivity contribution in [1.82, 2.24) is 0 Å². The molecule has 0 saturated carbocycles. The zero-order valence-corrected chi connectivity index (χ0v) is 50.1. The van der Waals surface area contributed by atoms with Gasteiger partial charge in [0.05, 0.1) is 0 Å². The molecule has 6 nitrogen and oxygen atoms in total. The monoisotopic (exact) mass is 1050 g/mol. The molecule has 0 N–H and O–H groups in total. The van der Waals surface area contributed by atoms with E-state index in [0.29, 0.717) is 19.3 Å². The summed E-state index contributed by atoms with van der Waals surface area (Å²) in [6.07, 6.45) is 81.7. The van der Waals surface area contributed by atoms with Gasteiger partial charge in [0, 0.05) is 19.3 Å². The van der Waals surface area contributed by atoms with E-state index < -0.39 is 6.10 Å². The largest absolute Gasteiger partial charge is 0.462 e. The topological polar surface area (TPSA) is 78.9 Å². The molecule has 0 radical (unpaired) electrons. The third-order valence-corrected chi connectivity index (χ3v) is 14.5. The lowest BCUT2D eigenvalue weighted by Crippen LogP contribution is -2.30. The average Bonchev–Trinajstić information content (AvgIpc) is 3.41. The van der Waals surface area contributed by atoms with Gasteiger partial charge in [-0.25, -0.2) is 0 Å². The van der Waals surface area contributed by atoms with E-state index in [1.54, 1.807) is 0 Å². The summed E-state index contributed by atoms with van der Waals surface area (Å²) in [7, 11) is 0. The van der Waals surface area contributed by atoms with E-state index in [4.69, 9.17) is 14.2 Å². The van der Waals surface area contributed by atoms with E-state index in [9.17, 15) is 14.4 Å². The Morgan fingerprint density at radius 1 is 0.280 bits per heavy atom. The molecule has 1 unspecified atom stereocenters. The van der Waals surface area contributed by atoms with Crippen LogP contribution < -0.4 is 0 Å². The summed E-state index contributed by atoms with van der Waals surface area (Å²) in [4.78, 5) is 37.9. The summed E-state index contributed by atoms with van der Waals surface area (Å²) >= 11 is 0. The Labute approximate surface area is 466 Å². The van der Waals surface area contributed by atoms with Crippen LogP contribution >= 0.6 is 0 Å². The molecule has 75 heavy (non-hydrogen) atoms. The van der Waals surface area contributed by atoms with E-state index in [1.165, 1.54) is 218 Å². The highest BCUT2D eigenvalue weighted by molar-refractivity contribution is 5.71. The molecule has 0 aromatic heterocycles. The van der Waals surface area contributed by atoms with Gasteiger partial charge in [-0.3, -0.25) is 14.4 Å². The maximum atomic E-state index is 12.8. The molecule has 0 aliphatic heterocycles. The summed E-state index contributed by atoms with van der Waals surface area (Å²) in [5, 5.41) is 0. The van der Waals surface area contributed by atoms with Crippen LogP contribution in [0.4, 0.5) is 0 Å². The molecular formula is C69H124O6. The molecule has 436 valence electrons. The third kappa shape index (κ3) is 61.8. The molecule has 0 amide bonds. The van der Waals surface area contributed by atoms with Crippen LogP contribution in [0, 0.1) is 0 Å². The van der Waals surface area contributed by atoms with E-state index >= 15 is 0 Å². The van der Waals surface area contributed by atoms with Crippen LogP contribution in [0.25, 0.3) is 0 Å². The summed E-state index contributed by atoms with van der Waals surface area (Å²) in [6, 6.07) is 0. The summed E-state index contributed by atoms with van der Waals surface area (Å²) in [5.41, 5.74) is 0. The predicted molar refractivity (Wildman–Crippen MR) is 325 cm³/mol. The molecule has 0 spiro atoms. The summed E-state index contributed by atoms with van der Waals surface area (Å²) < 4.78 is 16.7. The van der Waals surface area contributed by atoms with Gasteiger partial charge in [-0.1, -0.05) is 326 Å². The van der Waals surface area contributed by atoms with E-state index in [-0.39, 0.29) is 37.5 Å². The number of carbonyl (C=O) groups excluding carboxylic acids is 3. The zero-order chi connectivity index (χ0) is 54.3. The third-order valence-electron chi connectivity index (χ3n) is 14.5. The first-order chi connectivity index (χ1) is 37.0. The number of unbranched alkanes of at least 4 members (excludes halogenated alkanes) is 39. The lowest BCUT2D eigenvalue weighted by atomic mass is 10.0. The number of rotatable bonds is 60. The lowest BCUT2D eigenvalue weighted by molar-refractivity contribution is -0.167. The van der Waals surface area contributed by atoms with Crippen LogP contribution in [-0.2, 0) is 28.6 Å². The van der Waals surface area contributed by atoms with E-state index in [2.05, 4.69) is 81.5 Å². The van der Waals surface area contributed by atoms with E-state index in [1.807, 2.05) is 0 Å². The van der Waals surface area contributed by atoms with Crippen LogP contribution in [-0.4, -0.2) is 37.2 Å². The Morgan fingerprint density at radius 3 is 0.800 bits per heavy atom. The maximum Gasteiger partial charge on any atom is 0.306 e. The van der Waals surface area contributed by atoms with Gasteiger partial charge in [-0.15, -0.1) is 0 Å². The molecule has 0 saturated heterocycles. The summed E-state index contributed by atoms with van der Waals surface area (Å²) in [5.74, 6) is -0.950. The molecule has 0 rings (SSSR count). The van der Waals surface area contributed by atoms with Gasteiger partial charge in [0.2, 0.25) is 0 Å². The van der Waals surface area contributed by atoms with Crippen LogP contribution in [0.3, 0.4) is 0 Å². The first kappa shape index (κ1) is 72.1. The molecule has 0 bridgehead atoms. The molecule has 0 aromatic rings.